The summed E-state index contributed by atoms with van der Waals surface area (Å²) in [6.45, 7) is 7.90. The van der Waals surface area contributed by atoms with Gasteiger partial charge in [0, 0.05) is 0 Å². The molecule has 0 nitrogen and oxygen atoms in total. The normalized spacial score (nSPS) is 10.9. The van der Waals surface area contributed by atoms with Crippen LogP contribution in [-0.4, -0.2) is 0 Å². The van der Waals surface area contributed by atoms with Crippen LogP contribution in [0.25, 0.3) is 101 Å². The van der Waals surface area contributed by atoms with Crippen LogP contribution >= 0.6 is 0 Å². The third-order valence-corrected chi connectivity index (χ3v) is 11.1. The number of hydrogen-bond donors (Lipinski definition) is 0. The van der Waals surface area contributed by atoms with Crippen LogP contribution in [0, 0.1) is 0 Å². The number of benzene rings is 9. The molecule has 0 heterocycles. The van der Waals surface area contributed by atoms with Gasteiger partial charge in [-0.05, 0) is 100 Å². The fourth-order valence-corrected chi connectivity index (χ4v) is 8.18. The maximum atomic E-state index is 3.95. The third-order valence-electron chi connectivity index (χ3n) is 11.1. The third kappa shape index (κ3) is 7.05. The molecule has 9 aromatic carbocycles. The van der Waals surface area contributed by atoms with E-state index >= 15 is 0 Å². The van der Waals surface area contributed by atoms with Crippen LogP contribution in [0.1, 0.15) is 11.1 Å². The van der Waals surface area contributed by atoms with Gasteiger partial charge >= 0.3 is 0 Å². The fourth-order valence-electron chi connectivity index (χ4n) is 8.18. The predicted octanol–water partition coefficient (Wildman–Crippen LogP) is 16.3. The lowest BCUT2D eigenvalue weighted by atomic mass is 9.74. The Labute approximate surface area is 342 Å². The van der Waals surface area contributed by atoms with Crippen molar-refractivity contribution in [3.05, 3.63) is 243 Å². The highest BCUT2D eigenvalue weighted by atomic mass is 14.3. The van der Waals surface area contributed by atoms with Crippen molar-refractivity contribution in [3.63, 3.8) is 0 Å². The molecule has 0 fully saturated rings. The van der Waals surface area contributed by atoms with Gasteiger partial charge in [0.15, 0.2) is 0 Å². The second-order valence-electron chi connectivity index (χ2n) is 14.5. The summed E-state index contributed by atoms with van der Waals surface area (Å²) in [5.41, 5.74) is 21.1. The van der Waals surface area contributed by atoms with Crippen molar-refractivity contribution in [2.75, 3.05) is 0 Å². The van der Waals surface area contributed by atoms with E-state index in [4.69, 9.17) is 0 Å². The van der Waals surface area contributed by atoms with E-state index in [0.29, 0.717) is 0 Å². The first-order valence-electron chi connectivity index (χ1n) is 19.8. The molecule has 9 rings (SSSR count). The molecular weight excluding hydrogens is 697 g/mol. The van der Waals surface area contributed by atoms with Crippen molar-refractivity contribution >= 4 is 12.2 Å². The average molecular weight is 739 g/mol. The summed E-state index contributed by atoms with van der Waals surface area (Å²) in [7, 11) is 0. The molecule has 0 bridgehead atoms. The fraction of sp³-hybridized carbons (Fsp3) is 0. The summed E-state index contributed by atoms with van der Waals surface area (Å²) < 4.78 is 0. The summed E-state index contributed by atoms with van der Waals surface area (Å²) in [4.78, 5) is 0. The van der Waals surface area contributed by atoms with Crippen molar-refractivity contribution in [1.82, 2.24) is 0 Å². The molecule has 58 heavy (non-hydrogen) atoms. The van der Waals surface area contributed by atoms with Crippen molar-refractivity contribution < 1.29 is 0 Å². The Hall–Kier alpha value is -7.54. The molecule has 0 spiro atoms. The van der Waals surface area contributed by atoms with Crippen LogP contribution in [0.5, 0.6) is 0 Å². The Morgan fingerprint density at radius 2 is 0.362 bits per heavy atom. The van der Waals surface area contributed by atoms with Gasteiger partial charge in [0.1, 0.15) is 0 Å². The van der Waals surface area contributed by atoms with Crippen LogP contribution in [0.15, 0.2) is 232 Å². The van der Waals surface area contributed by atoms with Gasteiger partial charge in [-0.25, -0.2) is 0 Å². The lowest BCUT2D eigenvalue weighted by molar-refractivity contribution is 1.51. The average Bonchev–Trinajstić information content (AvgIpc) is 3.32. The largest absolute Gasteiger partial charge is 0.0985 e. The highest BCUT2D eigenvalue weighted by Crippen LogP contribution is 2.56. The van der Waals surface area contributed by atoms with Crippen molar-refractivity contribution in [3.8, 4) is 89.0 Å². The van der Waals surface area contributed by atoms with Gasteiger partial charge in [0.2, 0.25) is 0 Å². The van der Waals surface area contributed by atoms with Gasteiger partial charge in [-0.2, -0.15) is 0 Å². The zero-order chi connectivity index (χ0) is 39.3. The van der Waals surface area contributed by atoms with Crippen LogP contribution in [0.3, 0.4) is 0 Å². The molecule has 0 unspecified atom stereocenters. The van der Waals surface area contributed by atoms with Gasteiger partial charge in [0.05, 0.1) is 0 Å². The molecule has 0 atom stereocenters. The molecule has 9 aromatic rings. The molecule has 274 valence electrons. The first-order chi connectivity index (χ1) is 28.7. The molecule has 0 aliphatic carbocycles. The van der Waals surface area contributed by atoms with Crippen molar-refractivity contribution in [1.29, 1.82) is 0 Å². The van der Waals surface area contributed by atoms with Gasteiger partial charge in [-0.15, -0.1) is 0 Å². The first kappa shape index (κ1) is 36.1. The minimum absolute atomic E-state index is 1.11. The lowest BCUT2D eigenvalue weighted by Crippen LogP contribution is -2.02. The summed E-state index contributed by atoms with van der Waals surface area (Å²) in [6.07, 6.45) is 3.77. The molecule has 0 aromatic heterocycles. The Morgan fingerprint density at radius 1 is 0.190 bits per heavy atom. The van der Waals surface area contributed by atoms with Crippen molar-refractivity contribution in [2.24, 2.45) is 0 Å². The quantitative estimate of drug-likeness (QED) is 0.131. The monoisotopic (exact) mass is 738 g/mol. The van der Waals surface area contributed by atoms with Gasteiger partial charge < -0.3 is 0 Å². The van der Waals surface area contributed by atoms with Crippen LogP contribution in [0.4, 0.5) is 0 Å². The first-order valence-corrected chi connectivity index (χ1v) is 19.8. The topological polar surface area (TPSA) is 0 Å². The Balaban J connectivity index is 1.43. The van der Waals surface area contributed by atoms with E-state index in [0.717, 1.165) is 33.4 Å². The molecule has 0 radical (unpaired) electrons. The second-order valence-corrected chi connectivity index (χ2v) is 14.5. The number of hydrogen-bond acceptors (Lipinski definition) is 0. The molecule has 0 saturated heterocycles. The summed E-state index contributed by atoms with van der Waals surface area (Å²) in [5.74, 6) is 0. The van der Waals surface area contributed by atoms with Gasteiger partial charge in [-0.1, -0.05) is 244 Å². The van der Waals surface area contributed by atoms with E-state index in [9.17, 15) is 0 Å². The Kier molecular flexibility index (Phi) is 10.1. The van der Waals surface area contributed by atoms with Crippen molar-refractivity contribution in [2.45, 2.75) is 0 Å². The predicted molar refractivity (Wildman–Crippen MR) is 250 cm³/mol. The Bertz CT molecular complexity index is 2610. The van der Waals surface area contributed by atoms with E-state index in [1.807, 2.05) is 12.2 Å². The van der Waals surface area contributed by atoms with E-state index in [-0.39, 0.29) is 0 Å². The van der Waals surface area contributed by atoms with Crippen LogP contribution in [0.2, 0.25) is 0 Å². The highest BCUT2D eigenvalue weighted by Gasteiger charge is 2.29. The van der Waals surface area contributed by atoms with E-state index in [1.54, 1.807) is 0 Å². The maximum absolute atomic E-state index is 3.95. The molecule has 0 aliphatic heterocycles. The molecule has 0 heteroatoms. The minimum Gasteiger partial charge on any atom is -0.0985 e. The molecular formula is C58H42. The molecule has 0 aliphatic rings. The molecule has 0 saturated carbocycles. The minimum atomic E-state index is 1.11. The summed E-state index contributed by atoms with van der Waals surface area (Å²) in [6, 6.07) is 79.2. The molecule has 0 amide bonds. The highest BCUT2D eigenvalue weighted by molar-refractivity contribution is 6.15. The zero-order valence-corrected chi connectivity index (χ0v) is 32.4. The summed E-state index contributed by atoms with van der Waals surface area (Å²) >= 11 is 0. The second kappa shape index (κ2) is 16.3. The number of rotatable bonds is 10. The van der Waals surface area contributed by atoms with Crippen LogP contribution < -0.4 is 0 Å². The smallest absolute Gasteiger partial charge is 0.00139 e. The van der Waals surface area contributed by atoms with E-state index < -0.39 is 0 Å². The maximum Gasteiger partial charge on any atom is -0.00139 e. The van der Waals surface area contributed by atoms with E-state index in [2.05, 4.69) is 232 Å². The standard InChI is InChI=1S/C58H42/c1-3-41-25-29-43(30-26-41)45-33-37-51(38-34-45)57-55(49-21-13-7-14-22-49)53(47-17-9-5-10-18-47)54(48-19-11-6-12-20-48)56(50-23-15-8-16-24-50)58(57)52-39-35-46(36-40-52)44-31-27-42(4-2)28-32-44/h3-40H,1-2H2. The van der Waals surface area contributed by atoms with Gasteiger partial charge in [-0.3, -0.25) is 0 Å². The SMILES string of the molecule is C=Cc1ccc(-c2ccc(-c3c(-c4ccccc4)c(-c4ccccc4)c(-c4ccccc4)c(-c4ccccc4)c3-c3ccc(-c4ccc(C=C)cc4)cc3)cc2)cc1. The lowest BCUT2D eigenvalue weighted by Gasteiger charge is -2.29. The van der Waals surface area contributed by atoms with Crippen LogP contribution in [-0.2, 0) is 0 Å². The Morgan fingerprint density at radius 3 is 0.569 bits per heavy atom. The van der Waals surface area contributed by atoms with E-state index in [1.165, 1.54) is 66.8 Å². The zero-order valence-electron chi connectivity index (χ0n) is 32.4. The van der Waals surface area contributed by atoms with Gasteiger partial charge in [0.25, 0.3) is 0 Å². The summed E-state index contributed by atoms with van der Waals surface area (Å²) in [5, 5.41) is 0. The molecule has 0 N–H and O–H groups in total.